The molecule has 0 fully saturated rings. The van der Waals surface area contributed by atoms with Crippen LogP contribution >= 0.6 is 0 Å². The third-order valence-electron chi connectivity index (χ3n) is 4.34. The monoisotopic (exact) mass is 301 g/mol. The van der Waals surface area contributed by atoms with Gasteiger partial charge in [0.2, 0.25) is 0 Å². The van der Waals surface area contributed by atoms with Crippen molar-refractivity contribution in [2.24, 2.45) is 0 Å². The molecular weight excluding hydrogens is 278 g/mol. The van der Waals surface area contributed by atoms with E-state index in [9.17, 15) is 4.79 Å². The van der Waals surface area contributed by atoms with Crippen molar-refractivity contribution >= 4 is 5.78 Å². The highest BCUT2D eigenvalue weighted by molar-refractivity contribution is 5.81. The summed E-state index contributed by atoms with van der Waals surface area (Å²) in [6.45, 7) is 2.01. The molecule has 0 amide bonds. The summed E-state index contributed by atoms with van der Waals surface area (Å²) in [5.41, 5.74) is 2.53. The van der Waals surface area contributed by atoms with Crippen LogP contribution in [-0.4, -0.2) is 37.5 Å². The molecule has 2 aliphatic rings. The van der Waals surface area contributed by atoms with Gasteiger partial charge in [0.25, 0.3) is 0 Å². The van der Waals surface area contributed by atoms with Gasteiger partial charge in [0, 0.05) is 24.9 Å². The van der Waals surface area contributed by atoms with Gasteiger partial charge in [-0.05, 0) is 44.1 Å². The lowest BCUT2D eigenvalue weighted by molar-refractivity contribution is -0.119. The number of carbonyl (C=O) groups excluding carboxylic acids is 1. The Morgan fingerprint density at radius 1 is 1.32 bits per heavy atom. The van der Waals surface area contributed by atoms with Gasteiger partial charge in [-0.3, -0.25) is 4.79 Å². The minimum atomic E-state index is -0.178. The van der Waals surface area contributed by atoms with Crippen LogP contribution in [-0.2, 0) is 17.8 Å². The molecule has 1 atom stereocenters. The van der Waals surface area contributed by atoms with E-state index in [4.69, 9.17) is 9.47 Å². The third kappa shape index (κ3) is 3.17. The van der Waals surface area contributed by atoms with Gasteiger partial charge < -0.3 is 14.4 Å². The molecule has 3 rings (SSSR count). The highest BCUT2D eigenvalue weighted by atomic mass is 16.5. The standard InChI is InChI=1S/C18H23NO3/c1-19-10-4-7-16-13(12-19)8-9-17(21-2)18(16)22-15-6-3-5-14(20)11-15/h3,6,8-9,15H,4-5,7,10-12H2,1-2H3. The summed E-state index contributed by atoms with van der Waals surface area (Å²) in [5, 5.41) is 0. The largest absolute Gasteiger partial charge is 0.493 e. The molecule has 0 bridgehead atoms. The molecule has 0 aromatic heterocycles. The summed E-state index contributed by atoms with van der Waals surface area (Å²) in [6.07, 6.45) is 6.77. The average molecular weight is 301 g/mol. The predicted octanol–water partition coefficient (Wildman–Crippen LogP) is 2.74. The first kappa shape index (κ1) is 15.1. The molecule has 4 nitrogen and oxygen atoms in total. The maximum atomic E-state index is 11.6. The molecule has 0 spiro atoms. The van der Waals surface area contributed by atoms with E-state index in [1.54, 1.807) is 7.11 Å². The van der Waals surface area contributed by atoms with Crippen LogP contribution in [0.1, 0.15) is 30.4 Å². The number of benzene rings is 1. The molecule has 4 heteroatoms. The molecule has 1 aliphatic carbocycles. The maximum absolute atomic E-state index is 11.6. The Morgan fingerprint density at radius 3 is 2.95 bits per heavy atom. The van der Waals surface area contributed by atoms with Gasteiger partial charge in [-0.1, -0.05) is 12.1 Å². The number of carbonyl (C=O) groups is 1. The SMILES string of the molecule is COc1ccc2c(c1OC1C=CCC(=O)C1)CCCN(C)C2. The lowest BCUT2D eigenvalue weighted by atomic mass is 10.0. The predicted molar refractivity (Wildman–Crippen MR) is 85.4 cm³/mol. The van der Waals surface area contributed by atoms with Crippen LogP contribution in [0.2, 0.25) is 0 Å². The normalized spacial score (nSPS) is 22.1. The number of allylic oxidation sites excluding steroid dienone is 1. The van der Waals surface area contributed by atoms with Crippen molar-refractivity contribution in [3.63, 3.8) is 0 Å². The first-order valence-electron chi connectivity index (χ1n) is 7.89. The van der Waals surface area contributed by atoms with Gasteiger partial charge >= 0.3 is 0 Å². The van der Waals surface area contributed by atoms with Crippen LogP contribution in [0.4, 0.5) is 0 Å². The molecule has 1 aromatic rings. The van der Waals surface area contributed by atoms with E-state index < -0.39 is 0 Å². The zero-order valence-corrected chi connectivity index (χ0v) is 13.3. The first-order chi connectivity index (χ1) is 10.7. The van der Waals surface area contributed by atoms with Gasteiger partial charge in [-0.15, -0.1) is 0 Å². The highest BCUT2D eigenvalue weighted by Gasteiger charge is 2.23. The van der Waals surface area contributed by atoms with E-state index in [1.807, 2.05) is 18.2 Å². The zero-order valence-electron chi connectivity index (χ0n) is 13.3. The second-order valence-corrected chi connectivity index (χ2v) is 6.11. The molecule has 1 heterocycles. The lowest BCUT2D eigenvalue weighted by Gasteiger charge is -2.23. The molecule has 1 aliphatic heterocycles. The fraction of sp³-hybridized carbons (Fsp3) is 0.500. The Balaban J connectivity index is 1.94. The number of fused-ring (bicyclic) bond motifs is 1. The maximum Gasteiger partial charge on any atom is 0.165 e. The van der Waals surface area contributed by atoms with Crippen molar-refractivity contribution < 1.29 is 14.3 Å². The Labute approximate surface area is 131 Å². The molecule has 0 radical (unpaired) electrons. The van der Waals surface area contributed by atoms with Crippen molar-refractivity contribution in [3.05, 3.63) is 35.4 Å². The number of hydrogen-bond acceptors (Lipinski definition) is 4. The fourth-order valence-corrected chi connectivity index (χ4v) is 3.21. The van der Waals surface area contributed by atoms with Gasteiger partial charge in [0.15, 0.2) is 11.5 Å². The van der Waals surface area contributed by atoms with Crippen LogP contribution in [0.25, 0.3) is 0 Å². The number of rotatable bonds is 3. The molecule has 0 saturated heterocycles. The van der Waals surface area contributed by atoms with E-state index in [-0.39, 0.29) is 11.9 Å². The van der Waals surface area contributed by atoms with E-state index in [2.05, 4.69) is 18.0 Å². The molecule has 1 aromatic carbocycles. The van der Waals surface area contributed by atoms with Gasteiger partial charge in [-0.2, -0.15) is 0 Å². The van der Waals surface area contributed by atoms with E-state index in [1.165, 1.54) is 11.1 Å². The van der Waals surface area contributed by atoms with Crippen molar-refractivity contribution in [2.45, 2.75) is 38.3 Å². The first-order valence-corrected chi connectivity index (χ1v) is 7.89. The summed E-state index contributed by atoms with van der Waals surface area (Å²) in [4.78, 5) is 14.0. The fourth-order valence-electron chi connectivity index (χ4n) is 3.21. The van der Waals surface area contributed by atoms with E-state index >= 15 is 0 Å². The molecule has 118 valence electrons. The number of methoxy groups -OCH3 is 1. The van der Waals surface area contributed by atoms with Crippen LogP contribution in [0.3, 0.4) is 0 Å². The van der Waals surface area contributed by atoms with Crippen LogP contribution in [0.5, 0.6) is 11.5 Å². The molecular formula is C18H23NO3. The van der Waals surface area contributed by atoms with Gasteiger partial charge in [0.05, 0.1) is 7.11 Å². The number of nitrogens with zero attached hydrogens (tertiary/aromatic N) is 1. The summed E-state index contributed by atoms with van der Waals surface area (Å²) in [7, 11) is 3.81. The summed E-state index contributed by atoms with van der Waals surface area (Å²) < 4.78 is 11.7. The second-order valence-electron chi connectivity index (χ2n) is 6.11. The Kier molecular flexibility index (Phi) is 4.48. The number of ketones is 1. The highest BCUT2D eigenvalue weighted by Crippen LogP contribution is 2.37. The summed E-state index contributed by atoms with van der Waals surface area (Å²) in [5.74, 6) is 1.81. The Morgan fingerprint density at radius 2 is 2.18 bits per heavy atom. The molecule has 0 saturated carbocycles. The van der Waals surface area contributed by atoms with E-state index in [0.29, 0.717) is 12.8 Å². The van der Waals surface area contributed by atoms with Crippen LogP contribution in [0, 0.1) is 0 Å². The topological polar surface area (TPSA) is 38.8 Å². The minimum Gasteiger partial charge on any atom is -0.493 e. The van der Waals surface area contributed by atoms with Crippen molar-refractivity contribution in [1.29, 1.82) is 0 Å². The smallest absolute Gasteiger partial charge is 0.165 e. The number of Topliss-reactive ketones (excluding diaryl/α,β-unsaturated/α-hetero) is 1. The summed E-state index contributed by atoms with van der Waals surface area (Å²) in [6, 6.07) is 4.10. The third-order valence-corrected chi connectivity index (χ3v) is 4.34. The quantitative estimate of drug-likeness (QED) is 0.805. The Bertz CT molecular complexity index is 594. The molecule has 22 heavy (non-hydrogen) atoms. The molecule has 0 N–H and O–H groups in total. The summed E-state index contributed by atoms with van der Waals surface area (Å²) >= 11 is 0. The minimum absolute atomic E-state index is 0.178. The van der Waals surface area contributed by atoms with Crippen LogP contribution in [0.15, 0.2) is 24.3 Å². The van der Waals surface area contributed by atoms with Gasteiger partial charge in [0.1, 0.15) is 11.9 Å². The number of ether oxygens (including phenoxy) is 2. The lowest BCUT2D eigenvalue weighted by Crippen LogP contribution is -2.22. The molecule has 1 unspecified atom stereocenters. The average Bonchev–Trinajstić information content (AvgIpc) is 2.68. The zero-order chi connectivity index (χ0) is 15.5. The van der Waals surface area contributed by atoms with Crippen molar-refractivity contribution in [1.82, 2.24) is 4.90 Å². The number of hydrogen-bond donors (Lipinski definition) is 0. The second kappa shape index (κ2) is 6.53. The van der Waals surface area contributed by atoms with E-state index in [0.717, 1.165) is 37.4 Å². The van der Waals surface area contributed by atoms with Crippen molar-refractivity contribution in [2.75, 3.05) is 20.7 Å². The van der Waals surface area contributed by atoms with Gasteiger partial charge in [-0.25, -0.2) is 0 Å². The van der Waals surface area contributed by atoms with Crippen molar-refractivity contribution in [3.8, 4) is 11.5 Å². The Hall–Kier alpha value is -1.81. The van der Waals surface area contributed by atoms with Crippen LogP contribution < -0.4 is 9.47 Å².